The van der Waals surface area contributed by atoms with Gasteiger partial charge in [-0.05, 0) is 43.5 Å². The molecule has 29 heavy (non-hydrogen) atoms. The zero-order chi connectivity index (χ0) is 21.2. The van der Waals surface area contributed by atoms with Crippen molar-refractivity contribution in [3.8, 4) is 5.75 Å². The van der Waals surface area contributed by atoms with Gasteiger partial charge >= 0.3 is 12.1 Å². The fraction of sp³-hybridized carbons (Fsp3) is 0.400. The van der Waals surface area contributed by atoms with Gasteiger partial charge in [0.05, 0.1) is 24.3 Å². The van der Waals surface area contributed by atoms with E-state index in [0.29, 0.717) is 23.7 Å². The SMILES string of the molecule is COC(=O)c1cc(C)c(OC[C@H]2CCCN2c2ccc(C(F)(F)F)cn2)cc1F. The number of hydrogen-bond acceptors (Lipinski definition) is 5. The maximum atomic E-state index is 14.2. The van der Waals surface area contributed by atoms with Gasteiger partial charge in [0.2, 0.25) is 0 Å². The van der Waals surface area contributed by atoms with Crippen LogP contribution in [0.1, 0.15) is 34.3 Å². The molecule has 1 aliphatic rings. The van der Waals surface area contributed by atoms with Crippen molar-refractivity contribution >= 4 is 11.8 Å². The van der Waals surface area contributed by atoms with Crippen LogP contribution in [0.2, 0.25) is 0 Å². The van der Waals surface area contributed by atoms with E-state index >= 15 is 0 Å². The second kappa shape index (κ2) is 8.26. The molecule has 1 atom stereocenters. The summed E-state index contributed by atoms with van der Waals surface area (Å²) in [7, 11) is 1.17. The fourth-order valence-corrected chi connectivity index (χ4v) is 3.31. The van der Waals surface area contributed by atoms with Crippen molar-refractivity contribution in [3.63, 3.8) is 0 Å². The van der Waals surface area contributed by atoms with E-state index in [0.717, 1.165) is 31.2 Å². The lowest BCUT2D eigenvalue weighted by Crippen LogP contribution is -2.35. The van der Waals surface area contributed by atoms with E-state index in [2.05, 4.69) is 9.72 Å². The summed E-state index contributed by atoms with van der Waals surface area (Å²) in [5.74, 6) is -0.784. The fourth-order valence-electron chi connectivity index (χ4n) is 3.31. The first-order valence-electron chi connectivity index (χ1n) is 9.02. The Balaban J connectivity index is 1.70. The molecule has 156 valence electrons. The number of esters is 1. The topological polar surface area (TPSA) is 51.7 Å². The molecule has 0 N–H and O–H groups in total. The van der Waals surface area contributed by atoms with Gasteiger partial charge in [0.15, 0.2) is 0 Å². The highest BCUT2D eigenvalue weighted by atomic mass is 19.4. The molecule has 3 rings (SSSR count). The largest absolute Gasteiger partial charge is 0.491 e. The van der Waals surface area contributed by atoms with E-state index in [1.165, 1.54) is 19.2 Å². The lowest BCUT2D eigenvalue weighted by molar-refractivity contribution is -0.137. The summed E-state index contributed by atoms with van der Waals surface area (Å²) < 4.78 is 62.6. The summed E-state index contributed by atoms with van der Waals surface area (Å²) in [4.78, 5) is 17.4. The lowest BCUT2D eigenvalue weighted by Gasteiger charge is -2.26. The van der Waals surface area contributed by atoms with Crippen molar-refractivity contribution in [1.82, 2.24) is 4.98 Å². The van der Waals surface area contributed by atoms with Gasteiger partial charge in [0.1, 0.15) is 24.0 Å². The standard InChI is InChI=1S/C20H20F4N2O3/c1-12-8-15(19(27)28-2)16(21)9-17(12)29-11-14-4-3-7-26(14)18-6-5-13(10-25-18)20(22,23)24/h5-6,8-10,14H,3-4,7,11H2,1-2H3/t14-/m1/s1. The molecule has 2 aromatic rings. The number of hydrogen-bond donors (Lipinski definition) is 0. The molecule has 1 aliphatic heterocycles. The lowest BCUT2D eigenvalue weighted by atomic mass is 10.1. The molecule has 0 unspecified atom stereocenters. The normalized spacial score (nSPS) is 16.8. The second-order valence-electron chi connectivity index (χ2n) is 6.79. The number of rotatable bonds is 5. The molecular formula is C20H20F4N2O3. The summed E-state index contributed by atoms with van der Waals surface area (Å²) in [6.45, 7) is 2.53. The molecule has 1 aromatic carbocycles. The number of ether oxygens (including phenoxy) is 2. The van der Waals surface area contributed by atoms with Crippen molar-refractivity contribution in [1.29, 1.82) is 0 Å². The number of methoxy groups -OCH3 is 1. The highest BCUT2D eigenvalue weighted by molar-refractivity contribution is 5.90. The van der Waals surface area contributed by atoms with Crippen molar-refractivity contribution in [2.45, 2.75) is 32.0 Å². The van der Waals surface area contributed by atoms with E-state index in [1.54, 1.807) is 6.92 Å². The van der Waals surface area contributed by atoms with Crippen molar-refractivity contribution < 1.29 is 31.8 Å². The summed E-state index contributed by atoms with van der Waals surface area (Å²) >= 11 is 0. The van der Waals surface area contributed by atoms with Gasteiger partial charge in [0, 0.05) is 18.8 Å². The van der Waals surface area contributed by atoms with Crippen LogP contribution in [0.25, 0.3) is 0 Å². The molecule has 0 bridgehead atoms. The van der Waals surface area contributed by atoms with Gasteiger partial charge in [-0.2, -0.15) is 13.2 Å². The van der Waals surface area contributed by atoms with Crippen LogP contribution < -0.4 is 9.64 Å². The Bertz CT molecular complexity index is 885. The number of carbonyl (C=O) groups excluding carboxylic acids is 1. The number of benzene rings is 1. The minimum atomic E-state index is -4.43. The quantitative estimate of drug-likeness (QED) is 0.539. The molecule has 1 aromatic heterocycles. The van der Waals surface area contributed by atoms with Crippen LogP contribution in [0.4, 0.5) is 23.4 Å². The minimum absolute atomic E-state index is 0.109. The van der Waals surface area contributed by atoms with Crippen LogP contribution in [0.15, 0.2) is 30.5 Å². The highest BCUT2D eigenvalue weighted by Gasteiger charge is 2.32. The molecule has 0 radical (unpaired) electrons. The number of aryl methyl sites for hydroxylation is 1. The molecule has 0 saturated carbocycles. The highest BCUT2D eigenvalue weighted by Crippen LogP contribution is 2.31. The number of pyridine rings is 1. The molecule has 1 fully saturated rings. The number of anilines is 1. The Hall–Kier alpha value is -2.84. The monoisotopic (exact) mass is 412 g/mol. The van der Waals surface area contributed by atoms with Gasteiger partial charge in [-0.25, -0.2) is 14.2 Å². The van der Waals surface area contributed by atoms with E-state index in [-0.39, 0.29) is 18.2 Å². The summed E-state index contributed by atoms with van der Waals surface area (Å²) in [5.41, 5.74) is -0.400. The number of nitrogens with zero attached hydrogens (tertiary/aromatic N) is 2. The Morgan fingerprint density at radius 3 is 2.69 bits per heavy atom. The van der Waals surface area contributed by atoms with Gasteiger partial charge in [0.25, 0.3) is 0 Å². The predicted octanol–water partition coefficient (Wildman–Crippen LogP) is 4.38. The molecule has 0 amide bonds. The smallest absolute Gasteiger partial charge is 0.417 e. The molecule has 0 spiro atoms. The van der Waals surface area contributed by atoms with Gasteiger partial charge in [-0.1, -0.05) is 0 Å². The Labute approximate surface area is 165 Å². The summed E-state index contributed by atoms with van der Waals surface area (Å²) in [6, 6.07) is 4.74. The van der Waals surface area contributed by atoms with E-state index in [9.17, 15) is 22.4 Å². The maximum Gasteiger partial charge on any atom is 0.417 e. The van der Waals surface area contributed by atoms with Gasteiger partial charge < -0.3 is 14.4 Å². The van der Waals surface area contributed by atoms with Crippen LogP contribution in [0.3, 0.4) is 0 Å². The third-order valence-electron chi connectivity index (χ3n) is 4.85. The maximum absolute atomic E-state index is 14.2. The van der Waals surface area contributed by atoms with Crippen LogP contribution in [0, 0.1) is 12.7 Å². The number of aromatic nitrogens is 1. The zero-order valence-corrected chi connectivity index (χ0v) is 15.9. The Morgan fingerprint density at radius 1 is 1.31 bits per heavy atom. The van der Waals surface area contributed by atoms with Crippen LogP contribution >= 0.6 is 0 Å². The number of carbonyl (C=O) groups is 1. The van der Waals surface area contributed by atoms with Crippen molar-refractivity contribution in [2.75, 3.05) is 25.2 Å². The molecule has 9 heteroatoms. The van der Waals surface area contributed by atoms with Crippen molar-refractivity contribution in [3.05, 3.63) is 53.0 Å². The van der Waals surface area contributed by atoms with Crippen LogP contribution in [-0.2, 0) is 10.9 Å². The average Bonchev–Trinajstić information content (AvgIpc) is 3.15. The molecule has 2 heterocycles. The zero-order valence-electron chi connectivity index (χ0n) is 15.9. The second-order valence-corrected chi connectivity index (χ2v) is 6.79. The van der Waals surface area contributed by atoms with Crippen LogP contribution in [0.5, 0.6) is 5.75 Å². The average molecular weight is 412 g/mol. The minimum Gasteiger partial charge on any atom is -0.491 e. The Morgan fingerprint density at radius 2 is 2.07 bits per heavy atom. The predicted molar refractivity (Wildman–Crippen MR) is 97.6 cm³/mol. The molecule has 0 aliphatic carbocycles. The summed E-state index contributed by atoms with van der Waals surface area (Å²) in [6.07, 6.45) is -2.01. The summed E-state index contributed by atoms with van der Waals surface area (Å²) in [5, 5.41) is 0. The van der Waals surface area contributed by atoms with Crippen LogP contribution in [-0.4, -0.2) is 37.3 Å². The van der Waals surface area contributed by atoms with E-state index in [1.807, 2.05) is 4.90 Å². The molecule has 5 nitrogen and oxygen atoms in total. The van der Waals surface area contributed by atoms with E-state index in [4.69, 9.17) is 4.74 Å². The van der Waals surface area contributed by atoms with Gasteiger partial charge in [-0.3, -0.25) is 0 Å². The first-order valence-corrected chi connectivity index (χ1v) is 9.02. The Kier molecular flexibility index (Phi) is 5.95. The third kappa shape index (κ3) is 4.60. The molecule has 1 saturated heterocycles. The van der Waals surface area contributed by atoms with Crippen molar-refractivity contribution in [2.24, 2.45) is 0 Å². The number of alkyl halides is 3. The molecular weight excluding hydrogens is 392 g/mol. The third-order valence-corrected chi connectivity index (χ3v) is 4.85. The number of halogens is 4. The van der Waals surface area contributed by atoms with Gasteiger partial charge in [-0.15, -0.1) is 0 Å². The first kappa shape index (κ1) is 20.9. The van der Waals surface area contributed by atoms with E-state index < -0.39 is 23.5 Å². The first-order chi connectivity index (χ1) is 13.7.